The molecule has 3 fully saturated rings. The molecule has 0 aromatic heterocycles. The molecule has 3 heterocycles. The molecule has 0 radical (unpaired) electrons. The van der Waals surface area contributed by atoms with Gasteiger partial charge in [0.2, 0.25) is 10.0 Å². The van der Waals surface area contributed by atoms with Gasteiger partial charge in [-0.05, 0) is 56.7 Å². The molecule has 7 heteroatoms. The van der Waals surface area contributed by atoms with Gasteiger partial charge in [0.15, 0.2) is 0 Å². The average Bonchev–Trinajstić information content (AvgIpc) is 2.87. The van der Waals surface area contributed by atoms with Gasteiger partial charge in [0, 0.05) is 36.8 Å². The fourth-order valence-electron chi connectivity index (χ4n) is 4.67. The van der Waals surface area contributed by atoms with Crippen LogP contribution in [0.15, 0.2) is 29.2 Å². The van der Waals surface area contributed by atoms with E-state index in [-0.39, 0.29) is 16.8 Å². The smallest absolute Gasteiger partial charge is 0.251 e. The number of amides is 1. The lowest BCUT2D eigenvalue weighted by atomic mass is 9.99. The van der Waals surface area contributed by atoms with Crippen LogP contribution in [0.1, 0.15) is 61.7 Å². The van der Waals surface area contributed by atoms with Crippen molar-refractivity contribution in [1.82, 2.24) is 14.9 Å². The summed E-state index contributed by atoms with van der Waals surface area (Å²) >= 11 is 0. The lowest BCUT2D eigenvalue weighted by Crippen LogP contribution is -2.48. The second-order valence-electron chi connectivity index (χ2n) is 8.13. The van der Waals surface area contributed by atoms with Gasteiger partial charge < -0.3 is 10.6 Å². The Hall–Kier alpha value is -1.44. The molecule has 1 aromatic carbocycles. The molecule has 4 rings (SSSR count). The van der Waals surface area contributed by atoms with Gasteiger partial charge in [-0.3, -0.25) is 4.79 Å². The van der Waals surface area contributed by atoms with Crippen molar-refractivity contribution in [2.24, 2.45) is 0 Å². The minimum Gasteiger partial charge on any atom is -0.349 e. The maximum absolute atomic E-state index is 13.0. The van der Waals surface area contributed by atoms with Crippen LogP contribution in [0.25, 0.3) is 0 Å². The number of carbonyl (C=O) groups excluding carboxylic acids is 1. The Bertz CT molecular complexity index is 775. The van der Waals surface area contributed by atoms with E-state index in [4.69, 9.17) is 0 Å². The van der Waals surface area contributed by atoms with Gasteiger partial charge in [0.25, 0.3) is 5.91 Å². The number of sulfonamides is 1. The molecule has 3 saturated heterocycles. The number of nitrogens with one attached hydrogen (secondary N) is 2. The molecule has 0 saturated carbocycles. The third-order valence-corrected chi connectivity index (χ3v) is 8.00. The molecule has 1 aromatic rings. The summed E-state index contributed by atoms with van der Waals surface area (Å²) in [5.41, 5.74) is 0.428. The highest BCUT2D eigenvalue weighted by molar-refractivity contribution is 7.89. The number of hydrogen-bond donors (Lipinski definition) is 2. The first-order valence-electron chi connectivity index (χ1n) is 10.2. The third-order valence-electron chi connectivity index (χ3n) is 6.11. The third kappa shape index (κ3) is 4.20. The number of carbonyl (C=O) groups is 1. The normalized spacial score (nSPS) is 29.3. The van der Waals surface area contributed by atoms with E-state index in [1.165, 1.54) is 18.9 Å². The van der Waals surface area contributed by atoms with Crippen molar-refractivity contribution in [2.45, 2.75) is 74.4 Å². The summed E-state index contributed by atoms with van der Waals surface area (Å²) in [4.78, 5) is 12.9. The molecule has 148 valence electrons. The zero-order chi connectivity index (χ0) is 18.9. The standard InChI is InChI=1S/C20H29N3O3S/c24-20(22-18-13-16-8-9-17(14-18)21-16)15-6-5-7-19(12-15)27(25,26)23-10-3-1-2-4-11-23/h5-7,12,16-18,21H,1-4,8-11,13-14H2,(H,22,24). The molecule has 2 N–H and O–H groups in total. The molecule has 3 aliphatic rings. The minimum atomic E-state index is -3.54. The van der Waals surface area contributed by atoms with Crippen molar-refractivity contribution >= 4 is 15.9 Å². The van der Waals surface area contributed by atoms with Crippen LogP contribution >= 0.6 is 0 Å². The zero-order valence-electron chi connectivity index (χ0n) is 15.7. The quantitative estimate of drug-likeness (QED) is 0.825. The summed E-state index contributed by atoms with van der Waals surface area (Å²) < 4.78 is 27.5. The highest BCUT2D eigenvalue weighted by atomic mass is 32.2. The van der Waals surface area contributed by atoms with Crippen LogP contribution in [0.2, 0.25) is 0 Å². The number of rotatable bonds is 4. The molecular formula is C20H29N3O3S. The van der Waals surface area contributed by atoms with Crippen LogP contribution in [-0.4, -0.2) is 49.8 Å². The molecule has 6 nitrogen and oxygen atoms in total. The van der Waals surface area contributed by atoms with Gasteiger partial charge in [-0.15, -0.1) is 0 Å². The Morgan fingerprint density at radius 3 is 2.37 bits per heavy atom. The maximum atomic E-state index is 13.0. The van der Waals surface area contributed by atoms with Crippen LogP contribution in [0.3, 0.4) is 0 Å². The Labute approximate surface area is 161 Å². The van der Waals surface area contributed by atoms with E-state index in [0.29, 0.717) is 30.7 Å². The van der Waals surface area contributed by atoms with Gasteiger partial charge in [-0.1, -0.05) is 18.9 Å². The highest BCUT2D eigenvalue weighted by Crippen LogP contribution is 2.27. The molecule has 0 aliphatic carbocycles. The minimum absolute atomic E-state index is 0.169. The summed E-state index contributed by atoms with van der Waals surface area (Å²) in [5, 5.41) is 6.68. The topological polar surface area (TPSA) is 78.5 Å². The average molecular weight is 392 g/mol. The van der Waals surface area contributed by atoms with Crippen molar-refractivity contribution < 1.29 is 13.2 Å². The van der Waals surface area contributed by atoms with Crippen LogP contribution in [-0.2, 0) is 10.0 Å². The lowest BCUT2D eigenvalue weighted by molar-refractivity contribution is 0.0923. The molecule has 2 atom stereocenters. The molecule has 2 unspecified atom stereocenters. The number of nitrogens with zero attached hydrogens (tertiary/aromatic N) is 1. The zero-order valence-corrected chi connectivity index (χ0v) is 16.5. The number of piperidine rings is 1. The Morgan fingerprint density at radius 2 is 1.70 bits per heavy atom. The summed E-state index contributed by atoms with van der Waals surface area (Å²) in [6.07, 6.45) is 8.22. The van der Waals surface area contributed by atoms with Crippen LogP contribution < -0.4 is 10.6 Å². The van der Waals surface area contributed by atoms with Gasteiger partial charge in [0.1, 0.15) is 0 Å². The van der Waals surface area contributed by atoms with Gasteiger partial charge >= 0.3 is 0 Å². The van der Waals surface area contributed by atoms with Crippen LogP contribution in [0.5, 0.6) is 0 Å². The molecule has 27 heavy (non-hydrogen) atoms. The van der Waals surface area contributed by atoms with Gasteiger partial charge in [0.05, 0.1) is 4.90 Å². The number of fused-ring (bicyclic) bond motifs is 2. The Balaban J connectivity index is 1.47. The Morgan fingerprint density at radius 1 is 1.04 bits per heavy atom. The van der Waals surface area contributed by atoms with Crippen LogP contribution in [0, 0.1) is 0 Å². The van der Waals surface area contributed by atoms with Crippen molar-refractivity contribution in [3.63, 3.8) is 0 Å². The first-order valence-corrected chi connectivity index (χ1v) is 11.6. The summed E-state index contributed by atoms with van der Waals surface area (Å²) in [6, 6.07) is 7.68. The first kappa shape index (κ1) is 18.9. The van der Waals surface area contributed by atoms with E-state index >= 15 is 0 Å². The van der Waals surface area contributed by atoms with Crippen molar-refractivity contribution in [2.75, 3.05) is 13.1 Å². The summed E-state index contributed by atoms with van der Waals surface area (Å²) in [6.45, 7) is 1.13. The SMILES string of the molecule is O=C(NC1CC2CCC(C1)N2)c1cccc(S(=O)(=O)N2CCCCCC2)c1. The largest absolute Gasteiger partial charge is 0.349 e. The number of hydrogen-bond acceptors (Lipinski definition) is 4. The molecule has 3 aliphatic heterocycles. The van der Waals surface area contributed by atoms with E-state index in [2.05, 4.69) is 10.6 Å². The summed E-state index contributed by atoms with van der Waals surface area (Å²) in [5.74, 6) is -0.172. The second-order valence-corrected chi connectivity index (χ2v) is 10.1. The predicted molar refractivity (Wildman–Crippen MR) is 104 cm³/mol. The fourth-order valence-corrected chi connectivity index (χ4v) is 6.24. The monoisotopic (exact) mass is 391 g/mol. The van der Waals surface area contributed by atoms with E-state index in [1.54, 1.807) is 22.5 Å². The highest BCUT2D eigenvalue weighted by Gasteiger charge is 2.34. The van der Waals surface area contributed by atoms with Gasteiger partial charge in [-0.25, -0.2) is 8.42 Å². The predicted octanol–water partition coefficient (Wildman–Crippen LogP) is 2.26. The van der Waals surface area contributed by atoms with E-state index < -0.39 is 10.0 Å². The van der Waals surface area contributed by atoms with Crippen LogP contribution in [0.4, 0.5) is 0 Å². The molecular weight excluding hydrogens is 362 g/mol. The Kier molecular flexibility index (Phi) is 5.53. The molecule has 2 bridgehead atoms. The van der Waals surface area contributed by atoms with Crippen molar-refractivity contribution in [3.8, 4) is 0 Å². The van der Waals surface area contributed by atoms with Gasteiger partial charge in [-0.2, -0.15) is 4.31 Å². The van der Waals surface area contributed by atoms with E-state index in [0.717, 1.165) is 38.5 Å². The second kappa shape index (κ2) is 7.89. The lowest BCUT2D eigenvalue weighted by Gasteiger charge is -2.29. The van der Waals surface area contributed by atoms with E-state index in [9.17, 15) is 13.2 Å². The van der Waals surface area contributed by atoms with E-state index in [1.807, 2.05) is 0 Å². The molecule has 1 amide bonds. The summed E-state index contributed by atoms with van der Waals surface area (Å²) in [7, 11) is -3.54. The maximum Gasteiger partial charge on any atom is 0.251 e. The van der Waals surface area contributed by atoms with Crippen molar-refractivity contribution in [1.29, 1.82) is 0 Å². The molecule has 0 spiro atoms. The first-order chi connectivity index (χ1) is 13.0. The fraction of sp³-hybridized carbons (Fsp3) is 0.650. The number of benzene rings is 1. The van der Waals surface area contributed by atoms with Crippen molar-refractivity contribution in [3.05, 3.63) is 29.8 Å².